The molecule has 0 aromatic heterocycles. The van der Waals surface area contributed by atoms with Crippen molar-refractivity contribution in [3.63, 3.8) is 0 Å². The summed E-state index contributed by atoms with van der Waals surface area (Å²) in [6.45, 7) is 0. The third-order valence-corrected chi connectivity index (χ3v) is 3.59. The van der Waals surface area contributed by atoms with Crippen LogP contribution in [0.5, 0.6) is 5.75 Å². The molecule has 136 valence electrons. The highest BCUT2D eigenvalue weighted by atomic mass is 19.1. The molecule has 1 amide bonds. The Morgan fingerprint density at radius 3 is 2.50 bits per heavy atom. The van der Waals surface area contributed by atoms with Gasteiger partial charge in [0, 0.05) is 18.1 Å². The Morgan fingerprint density at radius 1 is 1.19 bits per heavy atom. The van der Waals surface area contributed by atoms with Gasteiger partial charge < -0.3 is 15.2 Å². The maximum atomic E-state index is 13.5. The predicted molar refractivity (Wildman–Crippen MR) is 91.7 cm³/mol. The molecule has 2 aromatic carbocycles. The van der Waals surface area contributed by atoms with E-state index in [-0.39, 0.29) is 12.0 Å². The van der Waals surface area contributed by atoms with E-state index in [1.54, 1.807) is 24.3 Å². The zero-order valence-electron chi connectivity index (χ0n) is 13.9. The summed E-state index contributed by atoms with van der Waals surface area (Å²) in [6, 6.07) is 8.42. The highest BCUT2D eigenvalue weighted by molar-refractivity contribution is 5.94. The molecule has 0 aliphatic carbocycles. The van der Waals surface area contributed by atoms with Crippen LogP contribution in [0.25, 0.3) is 6.08 Å². The second-order valence-electron chi connectivity index (χ2n) is 5.45. The highest BCUT2D eigenvalue weighted by Gasteiger charge is 2.19. The van der Waals surface area contributed by atoms with Crippen LogP contribution in [0.15, 0.2) is 48.5 Å². The summed E-state index contributed by atoms with van der Waals surface area (Å²) in [5, 5.41) is 11.6. The number of aliphatic carboxylic acids is 1. The number of carboxylic acid groups (broad SMARTS) is 1. The van der Waals surface area contributed by atoms with Crippen LogP contribution >= 0.6 is 0 Å². The molecule has 0 aliphatic rings. The van der Waals surface area contributed by atoms with E-state index in [0.717, 1.165) is 30.4 Å². The molecule has 2 aromatic rings. The van der Waals surface area contributed by atoms with Crippen molar-refractivity contribution in [1.29, 1.82) is 0 Å². The lowest BCUT2D eigenvalue weighted by molar-refractivity contribution is -0.141. The lowest BCUT2D eigenvalue weighted by Crippen LogP contribution is -2.41. The molecule has 2 N–H and O–H groups in total. The van der Waals surface area contributed by atoms with Gasteiger partial charge in [-0.25, -0.2) is 13.6 Å². The predicted octanol–water partition coefficient (Wildman–Crippen LogP) is 2.80. The van der Waals surface area contributed by atoms with E-state index in [9.17, 15) is 23.5 Å². The number of carbonyl (C=O) groups excluding carboxylic acids is 1. The molecule has 0 bridgehead atoms. The first kappa shape index (κ1) is 19.1. The lowest BCUT2D eigenvalue weighted by Gasteiger charge is -2.13. The Balaban J connectivity index is 2.04. The summed E-state index contributed by atoms with van der Waals surface area (Å²) in [6.07, 6.45) is 2.11. The van der Waals surface area contributed by atoms with Gasteiger partial charge >= 0.3 is 5.97 Å². The number of carboxylic acids is 1. The topological polar surface area (TPSA) is 75.6 Å². The molecule has 0 radical (unpaired) electrons. The molecule has 0 fully saturated rings. The first-order valence-corrected chi connectivity index (χ1v) is 7.68. The van der Waals surface area contributed by atoms with E-state index in [1.165, 1.54) is 7.11 Å². The zero-order chi connectivity index (χ0) is 19.1. The first-order chi connectivity index (χ1) is 12.4. The van der Waals surface area contributed by atoms with Gasteiger partial charge in [0.25, 0.3) is 0 Å². The van der Waals surface area contributed by atoms with Crippen LogP contribution in [0.3, 0.4) is 0 Å². The van der Waals surface area contributed by atoms with Crippen molar-refractivity contribution < 1.29 is 28.2 Å². The number of amides is 1. The summed E-state index contributed by atoms with van der Waals surface area (Å²) in [5.41, 5.74) is 0.584. The molecule has 1 atom stereocenters. The molecule has 26 heavy (non-hydrogen) atoms. The second-order valence-corrected chi connectivity index (χ2v) is 5.45. The molecule has 0 unspecified atom stereocenters. The summed E-state index contributed by atoms with van der Waals surface area (Å²) in [7, 11) is 1.52. The van der Waals surface area contributed by atoms with Crippen molar-refractivity contribution in [1.82, 2.24) is 5.32 Å². The Hall–Kier alpha value is -3.22. The fourth-order valence-electron chi connectivity index (χ4n) is 2.23. The number of ether oxygens (including phenoxy) is 1. The van der Waals surface area contributed by atoms with E-state index in [2.05, 4.69) is 5.32 Å². The number of hydrogen-bond donors (Lipinski definition) is 2. The minimum atomic E-state index is -1.21. The monoisotopic (exact) mass is 361 g/mol. The molecular weight excluding hydrogens is 344 g/mol. The number of hydrogen-bond acceptors (Lipinski definition) is 3. The molecule has 0 aliphatic heterocycles. The Kier molecular flexibility index (Phi) is 6.43. The van der Waals surface area contributed by atoms with Gasteiger partial charge in [-0.3, -0.25) is 4.79 Å². The van der Waals surface area contributed by atoms with Gasteiger partial charge in [0.2, 0.25) is 5.91 Å². The van der Waals surface area contributed by atoms with Gasteiger partial charge in [0.1, 0.15) is 23.4 Å². The minimum Gasteiger partial charge on any atom is -0.497 e. The molecule has 5 nitrogen and oxygen atoms in total. The van der Waals surface area contributed by atoms with Gasteiger partial charge in [-0.15, -0.1) is 0 Å². The molecule has 0 heterocycles. The van der Waals surface area contributed by atoms with Gasteiger partial charge in [-0.2, -0.15) is 0 Å². The van der Waals surface area contributed by atoms with E-state index < -0.39 is 29.6 Å². The van der Waals surface area contributed by atoms with Gasteiger partial charge in [0.05, 0.1) is 7.11 Å². The van der Waals surface area contributed by atoms with E-state index in [1.807, 2.05) is 0 Å². The van der Waals surface area contributed by atoms with Crippen LogP contribution in [-0.2, 0) is 16.0 Å². The number of benzene rings is 2. The third kappa shape index (κ3) is 5.41. The van der Waals surface area contributed by atoms with Crippen molar-refractivity contribution in [3.8, 4) is 5.75 Å². The van der Waals surface area contributed by atoms with Gasteiger partial charge in [-0.05, 0) is 42.0 Å². The number of methoxy groups -OCH3 is 1. The quantitative estimate of drug-likeness (QED) is 0.744. The van der Waals surface area contributed by atoms with Crippen molar-refractivity contribution in [2.45, 2.75) is 12.5 Å². The summed E-state index contributed by atoms with van der Waals surface area (Å²) < 4.78 is 31.6. The largest absolute Gasteiger partial charge is 0.497 e. The maximum Gasteiger partial charge on any atom is 0.326 e. The van der Waals surface area contributed by atoms with Gasteiger partial charge in [0.15, 0.2) is 0 Å². The Morgan fingerprint density at radius 2 is 1.88 bits per heavy atom. The SMILES string of the molecule is COc1ccc(C[C@H](NC(=O)C=Cc2cc(F)ccc2F)C(=O)O)cc1. The fourth-order valence-corrected chi connectivity index (χ4v) is 2.23. The van der Waals surface area contributed by atoms with E-state index in [0.29, 0.717) is 11.3 Å². The molecule has 0 spiro atoms. The highest BCUT2D eigenvalue weighted by Crippen LogP contribution is 2.13. The minimum absolute atomic E-state index is 0.0627. The summed E-state index contributed by atoms with van der Waals surface area (Å²) >= 11 is 0. The second kappa shape index (κ2) is 8.75. The van der Waals surface area contributed by atoms with Crippen LogP contribution in [-0.4, -0.2) is 30.1 Å². The number of nitrogens with one attached hydrogen (secondary N) is 1. The molecule has 0 saturated heterocycles. The maximum absolute atomic E-state index is 13.5. The normalized spacial score (nSPS) is 12.0. The molecular formula is C19H17F2NO4. The van der Waals surface area contributed by atoms with Crippen LogP contribution in [0.4, 0.5) is 8.78 Å². The standard InChI is InChI=1S/C19H17F2NO4/c1-26-15-6-2-12(3-7-15)10-17(19(24)25)22-18(23)9-4-13-11-14(20)5-8-16(13)21/h2-9,11,17H,10H2,1H3,(H,22,23)(H,24,25)/t17-/m0/s1. The third-order valence-electron chi connectivity index (χ3n) is 3.59. The van der Waals surface area contributed by atoms with Crippen molar-refractivity contribution in [2.24, 2.45) is 0 Å². The van der Waals surface area contributed by atoms with E-state index in [4.69, 9.17) is 4.74 Å². The van der Waals surface area contributed by atoms with Crippen LogP contribution in [0, 0.1) is 11.6 Å². The van der Waals surface area contributed by atoms with E-state index >= 15 is 0 Å². The molecule has 7 heteroatoms. The summed E-state index contributed by atoms with van der Waals surface area (Å²) in [4.78, 5) is 23.3. The fraction of sp³-hybridized carbons (Fsp3) is 0.158. The average molecular weight is 361 g/mol. The number of carbonyl (C=O) groups is 2. The smallest absolute Gasteiger partial charge is 0.326 e. The molecule has 0 saturated carbocycles. The Bertz CT molecular complexity index is 819. The van der Waals surface area contributed by atoms with Crippen LogP contribution in [0.1, 0.15) is 11.1 Å². The van der Waals surface area contributed by atoms with Crippen molar-refractivity contribution >= 4 is 18.0 Å². The number of rotatable bonds is 7. The van der Waals surface area contributed by atoms with Crippen molar-refractivity contribution in [2.75, 3.05) is 7.11 Å². The van der Waals surface area contributed by atoms with Crippen LogP contribution in [0.2, 0.25) is 0 Å². The average Bonchev–Trinajstić information content (AvgIpc) is 2.62. The van der Waals surface area contributed by atoms with Crippen molar-refractivity contribution in [3.05, 3.63) is 71.3 Å². The first-order valence-electron chi connectivity index (χ1n) is 7.68. The zero-order valence-corrected chi connectivity index (χ0v) is 13.9. The lowest BCUT2D eigenvalue weighted by atomic mass is 10.1. The summed E-state index contributed by atoms with van der Waals surface area (Å²) in [5.74, 6) is -2.64. The van der Waals surface area contributed by atoms with Crippen LogP contribution < -0.4 is 10.1 Å². The van der Waals surface area contributed by atoms with Gasteiger partial charge in [-0.1, -0.05) is 12.1 Å². The number of halogens is 2. The molecule has 2 rings (SSSR count). The Labute approximate surface area is 148 Å².